The maximum atomic E-state index is 13.1. The van der Waals surface area contributed by atoms with Crippen LogP contribution in [0.3, 0.4) is 0 Å². The maximum Gasteiger partial charge on any atom is 0.281 e. The number of ether oxygens (including phenoxy) is 1. The summed E-state index contributed by atoms with van der Waals surface area (Å²) in [6, 6.07) is 11.1. The molecule has 1 amide bonds. The first-order valence-electron chi connectivity index (χ1n) is 8.82. The minimum atomic E-state index is -0.160. The molecule has 1 saturated heterocycles. The molecule has 6 heteroatoms. The molecule has 1 aliphatic heterocycles. The van der Waals surface area contributed by atoms with Crippen LogP contribution in [0, 0.1) is 0 Å². The SMILES string of the molecule is COc1cc(/C=C2/C(=O)N(c3ccc4c(c3)CCC4)C(=S)N2C)ccc1O. The largest absolute Gasteiger partial charge is 0.504 e. The average molecular weight is 380 g/mol. The first kappa shape index (κ1) is 17.5. The number of anilines is 1. The zero-order valence-corrected chi connectivity index (χ0v) is 16.0. The van der Waals surface area contributed by atoms with Gasteiger partial charge in [0, 0.05) is 7.05 Å². The van der Waals surface area contributed by atoms with E-state index in [1.807, 2.05) is 6.07 Å². The number of hydrogen-bond donors (Lipinski definition) is 1. The molecule has 0 radical (unpaired) electrons. The molecule has 5 nitrogen and oxygen atoms in total. The number of aromatic hydroxyl groups is 1. The molecule has 27 heavy (non-hydrogen) atoms. The Bertz CT molecular complexity index is 983. The lowest BCUT2D eigenvalue weighted by atomic mass is 10.1. The Morgan fingerprint density at radius 2 is 1.93 bits per heavy atom. The summed E-state index contributed by atoms with van der Waals surface area (Å²) in [5.41, 5.74) is 4.69. The molecule has 0 unspecified atom stereocenters. The van der Waals surface area contributed by atoms with E-state index in [2.05, 4.69) is 12.1 Å². The monoisotopic (exact) mass is 380 g/mol. The van der Waals surface area contributed by atoms with Gasteiger partial charge in [-0.1, -0.05) is 12.1 Å². The van der Waals surface area contributed by atoms with E-state index in [9.17, 15) is 9.90 Å². The second-order valence-corrected chi connectivity index (χ2v) is 7.11. The molecule has 2 aromatic rings. The highest BCUT2D eigenvalue weighted by Crippen LogP contribution is 2.33. The lowest BCUT2D eigenvalue weighted by Gasteiger charge is -2.17. The fourth-order valence-electron chi connectivity index (χ4n) is 3.62. The number of phenols is 1. The number of fused-ring (bicyclic) bond motifs is 1. The van der Waals surface area contributed by atoms with Gasteiger partial charge in [0.25, 0.3) is 5.91 Å². The molecule has 1 heterocycles. The minimum Gasteiger partial charge on any atom is -0.504 e. The van der Waals surface area contributed by atoms with E-state index in [1.54, 1.807) is 41.1 Å². The van der Waals surface area contributed by atoms with Crippen molar-refractivity contribution in [2.75, 3.05) is 19.1 Å². The van der Waals surface area contributed by atoms with Crippen molar-refractivity contribution >= 4 is 35.0 Å². The van der Waals surface area contributed by atoms with Gasteiger partial charge in [-0.15, -0.1) is 0 Å². The number of hydrogen-bond acceptors (Lipinski definition) is 4. The van der Waals surface area contributed by atoms with Crippen LogP contribution in [0.4, 0.5) is 5.69 Å². The maximum absolute atomic E-state index is 13.1. The summed E-state index contributed by atoms with van der Waals surface area (Å²) in [6.45, 7) is 0. The normalized spacial score (nSPS) is 17.8. The summed E-state index contributed by atoms with van der Waals surface area (Å²) in [4.78, 5) is 16.4. The third-order valence-corrected chi connectivity index (χ3v) is 5.57. The van der Waals surface area contributed by atoms with Crippen LogP contribution in [0.1, 0.15) is 23.1 Å². The van der Waals surface area contributed by atoms with Crippen LogP contribution in [-0.4, -0.2) is 35.2 Å². The van der Waals surface area contributed by atoms with Crippen LogP contribution >= 0.6 is 12.2 Å². The summed E-state index contributed by atoms with van der Waals surface area (Å²) >= 11 is 5.54. The Morgan fingerprint density at radius 1 is 1.15 bits per heavy atom. The topological polar surface area (TPSA) is 53.0 Å². The summed E-state index contributed by atoms with van der Waals surface area (Å²) in [7, 11) is 3.28. The van der Waals surface area contributed by atoms with E-state index >= 15 is 0 Å². The van der Waals surface area contributed by atoms with Gasteiger partial charge in [0.05, 0.1) is 12.8 Å². The number of amides is 1. The number of phenolic OH excluding ortho intramolecular Hbond substituents is 1. The molecule has 0 bridgehead atoms. The highest BCUT2D eigenvalue weighted by atomic mass is 32.1. The van der Waals surface area contributed by atoms with Crippen LogP contribution in [-0.2, 0) is 17.6 Å². The van der Waals surface area contributed by atoms with E-state index in [1.165, 1.54) is 18.2 Å². The van der Waals surface area contributed by atoms with Crippen LogP contribution in [0.2, 0.25) is 0 Å². The molecule has 1 fully saturated rings. The summed E-state index contributed by atoms with van der Waals surface area (Å²) in [5.74, 6) is 0.254. The van der Waals surface area contributed by atoms with Crippen molar-refractivity contribution in [2.45, 2.75) is 19.3 Å². The number of rotatable bonds is 3. The number of thiocarbonyl (C=S) groups is 1. The van der Waals surface area contributed by atoms with Crippen molar-refractivity contribution < 1.29 is 14.6 Å². The molecule has 1 aliphatic carbocycles. The van der Waals surface area contributed by atoms with Gasteiger partial charge in [-0.25, -0.2) is 0 Å². The Balaban J connectivity index is 1.70. The molecule has 4 rings (SSSR count). The van der Waals surface area contributed by atoms with Gasteiger partial charge in [0.15, 0.2) is 16.6 Å². The van der Waals surface area contributed by atoms with Crippen molar-refractivity contribution in [3.05, 3.63) is 58.8 Å². The van der Waals surface area contributed by atoms with Gasteiger partial charge in [-0.05, 0) is 78.5 Å². The fraction of sp³-hybridized carbons (Fsp3) is 0.238. The van der Waals surface area contributed by atoms with Gasteiger partial charge in [0.1, 0.15) is 5.70 Å². The number of aryl methyl sites for hydroxylation is 2. The molecule has 0 saturated carbocycles. The van der Waals surface area contributed by atoms with E-state index in [0.717, 1.165) is 30.5 Å². The van der Waals surface area contributed by atoms with Crippen LogP contribution < -0.4 is 9.64 Å². The Kier molecular flexibility index (Phi) is 4.36. The first-order chi connectivity index (χ1) is 13.0. The first-order valence-corrected chi connectivity index (χ1v) is 9.23. The van der Waals surface area contributed by atoms with Gasteiger partial charge in [0.2, 0.25) is 0 Å². The van der Waals surface area contributed by atoms with E-state index < -0.39 is 0 Å². The summed E-state index contributed by atoms with van der Waals surface area (Å²) in [6.07, 6.45) is 5.06. The van der Waals surface area contributed by atoms with Crippen molar-refractivity contribution in [2.24, 2.45) is 0 Å². The quantitative estimate of drug-likeness (QED) is 0.653. The summed E-state index contributed by atoms with van der Waals surface area (Å²) < 4.78 is 5.14. The molecule has 2 aliphatic rings. The predicted octanol–water partition coefficient (Wildman–Crippen LogP) is 3.49. The van der Waals surface area contributed by atoms with Crippen LogP contribution in [0.15, 0.2) is 42.1 Å². The highest BCUT2D eigenvalue weighted by molar-refractivity contribution is 7.80. The van der Waals surface area contributed by atoms with Gasteiger partial charge >= 0.3 is 0 Å². The molecular weight excluding hydrogens is 360 g/mol. The number of nitrogens with zero attached hydrogens (tertiary/aromatic N) is 2. The van der Waals surface area contributed by atoms with E-state index in [-0.39, 0.29) is 11.7 Å². The van der Waals surface area contributed by atoms with Crippen LogP contribution in [0.5, 0.6) is 11.5 Å². The second kappa shape index (κ2) is 6.70. The van der Waals surface area contributed by atoms with Gasteiger partial charge in [-0.2, -0.15) is 0 Å². The highest BCUT2D eigenvalue weighted by Gasteiger charge is 2.37. The third kappa shape index (κ3) is 2.96. The lowest BCUT2D eigenvalue weighted by Crippen LogP contribution is -2.31. The van der Waals surface area contributed by atoms with Crippen molar-refractivity contribution in [1.82, 2.24) is 4.90 Å². The zero-order valence-electron chi connectivity index (χ0n) is 15.2. The second-order valence-electron chi connectivity index (χ2n) is 6.75. The standard InChI is InChI=1S/C21H20N2O3S/c1-22-17(10-13-6-9-18(24)19(11-13)26-2)20(25)23(21(22)27)16-8-7-14-4-3-5-15(14)12-16/h6-12,24H,3-5H2,1-2H3/b17-10-. The number of methoxy groups -OCH3 is 1. The smallest absolute Gasteiger partial charge is 0.281 e. The minimum absolute atomic E-state index is 0.0565. The Labute approximate surface area is 163 Å². The molecule has 1 N–H and O–H groups in total. The average Bonchev–Trinajstić information content (AvgIpc) is 3.21. The predicted molar refractivity (Wildman–Crippen MR) is 109 cm³/mol. The lowest BCUT2D eigenvalue weighted by molar-refractivity contribution is -0.114. The number of likely N-dealkylation sites (N-methyl/N-ethyl adjacent to an activating group) is 1. The fourth-order valence-corrected chi connectivity index (χ4v) is 3.91. The number of benzene rings is 2. The molecule has 0 spiro atoms. The van der Waals surface area contributed by atoms with Gasteiger partial charge < -0.3 is 14.7 Å². The molecular formula is C21H20N2O3S. The number of carbonyl (C=O) groups is 1. The molecule has 0 atom stereocenters. The van der Waals surface area contributed by atoms with E-state index in [4.69, 9.17) is 17.0 Å². The Hall–Kier alpha value is -2.86. The molecule has 138 valence electrons. The van der Waals surface area contributed by atoms with Crippen molar-refractivity contribution in [1.29, 1.82) is 0 Å². The van der Waals surface area contributed by atoms with E-state index in [0.29, 0.717) is 16.6 Å². The van der Waals surface area contributed by atoms with Crippen molar-refractivity contribution in [3.63, 3.8) is 0 Å². The zero-order chi connectivity index (χ0) is 19.1. The summed E-state index contributed by atoms with van der Waals surface area (Å²) in [5, 5.41) is 10.2. The van der Waals surface area contributed by atoms with Crippen molar-refractivity contribution in [3.8, 4) is 11.5 Å². The third-order valence-electron chi connectivity index (χ3n) is 5.11. The van der Waals surface area contributed by atoms with Gasteiger partial charge in [-0.3, -0.25) is 9.69 Å². The Morgan fingerprint density at radius 3 is 2.70 bits per heavy atom. The molecule has 0 aromatic heterocycles. The molecule has 2 aromatic carbocycles. The van der Waals surface area contributed by atoms with Crippen LogP contribution in [0.25, 0.3) is 6.08 Å². The number of carbonyl (C=O) groups excluding carboxylic acids is 1.